The maximum absolute atomic E-state index is 14.3. The molecule has 0 aliphatic heterocycles. The Morgan fingerprint density at radius 3 is 2.43 bits per heavy atom. The fraction of sp³-hybridized carbons (Fsp3) is 0.118. The van der Waals surface area contributed by atoms with Crippen molar-refractivity contribution in [3.63, 3.8) is 0 Å². The molecule has 0 spiro atoms. The van der Waals surface area contributed by atoms with E-state index in [1.165, 1.54) is 12.3 Å². The van der Waals surface area contributed by atoms with Gasteiger partial charge in [0.1, 0.15) is 11.6 Å². The summed E-state index contributed by atoms with van der Waals surface area (Å²) >= 11 is 0. The number of fused-ring (bicyclic) bond motifs is 1. The van der Waals surface area contributed by atoms with Crippen LogP contribution < -0.4 is 4.74 Å². The molecule has 0 aliphatic rings. The Balaban J connectivity index is 2.33. The fourth-order valence-corrected chi connectivity index (χ4v) is 2.41. The monoisotopic (exact) mass is 321 g/mol. The normalized spacial score (nSPS) is 11.0. The van der Waals surface area contributed by atoms with Gasteiger partial charge < -0.3 is 4.74 Å². The third-order valence-corrected chi connectivity index (χ3v) is 3.38. The average Bonchev–Trinajstić information content (AvgIpc) is 2.51. The van der Waals surface area contributed by atoms with Crippen LogP contribution in [0.25, 0.3) is 21.9 Å². The third-order valence-electron chi connectivity index (χ3n) is 3.38. The number of nitrogens with zero attached hydrogens (tertiary/aromatic N) is 1. The summed E-state index contributed by atoms with van der Waals surface area (Å²) in [6.07, 6.45) is 1.29. The van der Waals surface area contributed by atoms with Crippen molar-refractivity contribution in [2.45, 2.75) is 6.92 Å². The van der Waals surface area contributed by atoms with E-state index in [1.807, 2.05) is 0 Å². The van der Waals surface area contributed by atoms with Crippen molar-refractivity contribution < 1.29 is 22.3 Å². The molecule has 3 aromatic rings. The van der Waals surface area contributed by atoms with Crippen molar-refractivity contribution in [1.29, 1.82) is 0 Å². The minimum atomic E-state index is -1.06. The van der Waals surface area contributed by atoms with Gasteiger partial charge in [0.05, 0.1) is 12.0 Å². The number of pyridine rings is 1. The van der Waals surface area contributed by atoms with Crippen molar-refractivity contribution in [3.05, 3.63) is 59.8 Å². The van der Waals surface area contributed by atoms with Gasteiger partial charge in [-0.3, -0.25) is 0 Å². The van der Waals surface area contributed by atoms with Gasteiger partial charge in [-0.25, -0.2) is 22.5 Å². The first-order valence-corrected chi connectivity index (χ1v) is 6.87. The Kier molecular flexibility index (Phi) is 3.90. The van der Waals surface area contributed by atoms with Crippen LogP contribution in [0.4, 0.5) is 17.6 Å². The Morgan fingerprint density at radius 2 is 1.74 bits per heavy atom. The lowest BCUT2D eigenvalue weighted by Crippen LogP contribution is -1.98. The first-order chi connectivity index (χ1) is 11.0. The van der Waals surface area contributed by atoms with E-state index < -0.39 is 23.3 Å². The minimum Gasteiger partial charge on any atom is -0.478 e. The Labute approximate surface area is 129 Å². The summed E-state index contributed by atoms with van der Waals surface area (Å²) < 4.78 is 59.7. The van der Waals surface area contributed by atoms with Crippen LogP contribution in [0.5, 0.6) is 5.88 Å². The second-order valence-corrected chi connectivity index (χ2v) is 4.85. The molecule has 1 heterocycles. The molecule has 0 unspecified atom stereocenters. The molecule has 3 rings (SSSR count). The highest BCUT2D eigenvalue weighted by molar-refractivity contribution is 5.99. The van der Waals surface area contributed by atoms with Crippen LogP contribution in [0.1, 0.15) is 6.92 Å². The SMILES string of the molecule is CCOc1ncc(-c2ccc(F)c(F)c2)c2c(F)cc(F)cc12. The van der Waals surface area contributed by atoms with Crippen molar-refractivity contribution in [2.75, 3.05) is 6.61 Å². The van der Waals surface area contributed by atoms with E-state index in [1.54, 1.807) is 6.92 Å². The number of hydrogen-bond donors (Lipinski definition) is 0. The standard InChI is InChI=1S/C17H11F4NO/c1-2-23-17-11-6-10(18)7-15(21)16(11)12(8-22-17)9-3-4-13(19)14(20)5-9/h3-8H,2H2,1H3. The van der Waals surface area contributed by atoms with E-state index in [9.17, 15) is 17.6 Å². The Morgan fingerprint density at radius 1 is 0.957 bits per heavy atom. The first-order valence-electron chi connectivity index (χ1n) is 6.87. The van der Waals surface area contributed by atoms with Crippen LogP contribution >= 0.6 is 0 Å². The molecular weight excluding hydrogens is 310 g/mol. The van der Waals surface area contributed by atoms with E-state index in [4.69, 9.17) is 4.74 Å². The van der Waals surface area contributed by atoms with E-state index in [0.717, 1.165) is 24.3 Å². The van der Waals surface area contributed by atoms with Crippen LogP contribution in [0.2, 0.25) is 0 Å². The lowest BCUT2D eigenvalue weighted by Gasteiger charge is -2.12. The van der Waals surface area contributed by atoms with Gasteiger partial charge in [-0.2, -0.15) is 0 Å². The van der Waals surface area contributed by atoms with Gasteiger partial charge in [-0.1, -0.05) is 6.07 Å². The smallest absolute Gasteiger partial charge is 0.221 e. The Bertz CT molecular complexity index is 895. The number of benzene rings is 2. The summed E-state index contributed by atoms with van der Waals surface area (Å²) in [4.78, 5) is 4.04. The van der Waals surface area contributed by atoms with Gasteiger partial charge in [0.15, 0.2) is 11.6 Å². The predicted octanol–water partition coefficient (Wildman–Crippen LogP) is 4.86. The van der Waals surface area contributed by atoms with Gasteiger partial charge >= 0.3 is 0 Å². The highest BCUT2D eigenvalue weighted by Gasteiger charge is 2.16. The van der Waals surface area contributed by atoms with Crippen molar-refractivity contribution >= 4 is 10.8 Å². The molecule has 0 bridgehead atoms. The van der Waals surface area contributed by atoms with Crippen LogP contribution in [0.15, 0.2) is 36.5 Å². The average molecular weight is 321 g/mol. The Hall–Kier alpha value is -2.63. The number of aromatic nitrogens is 1. The molecule has 0 saturated carbocycles. The zero-order valence-corrected chi connectivity index (χ0v) is 12.0. The predicted molar refractivity (Wildman–Crippen MR) is 78.2 cm³/mol. The summed E-state index contributed by atoms with van der Waals surface area (Å²) in [5.74, 6) is -3.61. The van der Waals surface area contributed by atoms with Crippen LogP contribution in [-0.4, -0.2) is 11.6 Å². The van der Waals surface area contributed by atoms with E-state index >= 15 is 0 Å². The van der Waals surface area contributed by atoms with Crippen LogP contribution in [-0.2, 0) is 0 Å². The lowest BCUT2D eigenvalue weighted by molar-refractivity contribution is 0.331. The number of halogens is 4. The largest absolute Gasteiger partial charge is 0.478 e. The first kappa shape index (κ1) is 15.3. The quantitative estimate of drug-likeness (QED) is 0.643. The highest BCUT2D eigenvalue weighted by atomic mass is 19.2. The molecule has 0 fully saturated rings. The molecule has 0 atom stereocenters. The highest BCUT2D eigenvalue weighted by Crippen LogP contribution is 2.35. The summed E-state index contributed by atoms with van der Waals surface area (Å²) in [6.45, 7) is 1.98. The van der Waals surface area contributed by atoms with E-state index in [0.29, 0.717) is 0 Å². The maximum atomic E-state index is 14.3. The molecular formula is C17H11F4NO. The fourth-order valence-electron chi connectivity index (χ4n) is 2.41. The van der Waals surface area contributed by atoms with E-state index in [-0.39, 0.29) is 34.4 Å². The second kappa shape index (κ2) is 5.87. The topological polar surface area (TPSA) is 22.1 Å². The molecule has 118 valence electrons. The number of hydrogen-bond acceptors (Lipinski definition) is 2. The molecule has 23 heavy (non-hydrogen) atoms. The molecule has 1 aromatic heterocycles. The van der Waals surface area contributed by atoms with Crippen LogP contribution in [0, 0.1) is 23.3 Å². The molecule has 2 aromatic carbocycles. The summed E-state index contributed by atoms with van der Waals surface area (Å²) in [5.41, 5.74) is 0.454. The molecule has 0 amide bonds. The zero-order valence-electron chi connectivity index (χ0n) is 12.0. The number of ether oxygens (including phenoxy) is 1. The van der Waals surface area contributed by atoms with Gasteiger partial charge in [0.2, 0.25) is 5.88 Å². The number of rotatable bonds is 3. The molecule has 0 N–H and O–H groups in total. The lowest BCUT2D eigenvalue weighted by atomic mass is 10.00. The molecule has 6 heteroatoms. The zero-order chi connectivity index (χ0) is 16.6. The molecule has 0 aliphatic carbocycles. The van der Waals surface area contributed by atoms with Crippen molar-refractivity contribution in [2.24, 2.45) is 0 Å². The minimum absolute atomic E-state index is 0.0378. The van der Waals surface area contributed by atoms with Gasteiger partial charge in [-0.15, -0.1) is 0 Å². The molecule has 0 saturated heterocycles. The second-order valence-electron chi connectivity index (χ2n) is 4.85. The van der Waals surface area contributed by atoms with E-state index in [2.05, 4.69) is 4.98 Å². The van der Waals surface area contributed by atoms with Crippen LogP contribution in [0.3, 0.4) is 0 Å². The molecule has 2 nitrogen and oxygen atoms in total. The summed E-state index contributed by atoms with van der Waals surface area (Å²) in [5, 5.41) is 0.169. The maximum Gasteiger partial charge on any atom is 0.221 e. The van der Waals surface area contributed by atoms with Gasteiger partial charge in [-0.05, 0) is 30.7 Å². The molecule has 0 radical (unpaired) electrons. The summed E-state index contributed by atoms with van der Waals surface area (Å²) in [7, 11) is 0. The van der Waals surface area contributed by atoms with Crippen molar-refractivity contribution in [1.82, 2.24) is 4.98 Å². The third kappa shape index (κ3) is 2.72. The summed E-state index contributed by atoms with van der Waals surface area (Å²) in [6, 6.07) is 5.00. The van der Waals surface area contributed by atoms with Crippen molar-refractivity contribution in [3.8, 4) is 17.0 Å². The van der Waals surface area contributed by atoms with Gasteiger partial charge in [0, 0.05) is 23.2 Å². The van der Waals surface area contributed by atoms with Gasteiger partial charge in [0.25, 0.3) is 0 Å².